The van der Waals surface area contributed by atoms with Crippen molar-refractivity contribution >= 4 is 9.84 Å². The minimum atomic E-state index is -3.00. The maximum absolute atomic E-state index is 11.3. The van der Waals surface area contributed by atoms with Crippen LogP contribution < -0.4 is 5.73 Å². The van der Waals surface area contributed by atoms with Crippen LogP contribution in [0.5, 0.6) is 0 Å². The topological polar surface area (TPSA) is 60.2 Å². The van der Waals surface area contributed by atoms with Crippen molar-refractivity contribution in [1.29, 1.82) is 0 Å². The highest BCUT2D eigenvalue weighted by atomic mass is 32.2. The molecule has 1 aromatic carbocycles. The lowest BCUT2D eigenvalue weighted by Gasteiger charge is -1.97. The maximum atomic E-state index is 11.3. The van der Waals surface area contributed by atoms with Crippen molar-refractivity contribution in [2.45, 2.75) is 17.2 Å². The summed E-state index contributed by atoms with van der Waals surface area (Å²) in [5.41, 5.74) is 6.77. The Kier molecular flexibility index (Phi) is 2.12. The highest BCUT2D eigenvalue weighted by molar-refractivity contribution is 7.91. The van der Waals surface area contributed by atoms with Crippen molar-refractivity contribution < 1.29 is 8.42 Å². The molecule has 1 saturated carbocycles. The van der Waals surface area contributed by atoms with Crippen LogP contribution in [0.25, 0.3) is 0 Å². The van der Waals surface area contributed by atoms with Gasteiger partial charge >= 0.3 is 0 Å². The van der Waals surface area contributed by atoms with Gasteiger partial charge in [-0.3, -0.25) is 0 Å². The molecule has 0 unspecified atom stereocenters. The van der Waals surface area contributed by atoms with Crippen molar-refractivity contribution in [1.82, 2.24) is 0 Å². The van der Waals surface area contributed by atoms with E-state index in [1.165, 1.54) is 6.26 Å². The van der Waals surface area contributed by atoms with Gasteiger partial charge in [-0.25, -0.2) is 8.42 Å². The average molecular weight is 211 g/mol. The molecule has 3 nitrogen and oxygen atoms in total. The van der Waals surface area contributed by atoms with Crippen molar-refractivity contribution in [2.75, 3.05) is 6.26 Å². The summed E-state index contributed by atoms with van der Waals surface area (Å²) >= 11 is 0. The minimum absolute atomic E-state index is 0.00815. The quantitative estimate of drug-likeness (QED) is 0.776. The summed E-state index contributed by atoms with van der Waals surface area (Å²) in [6, 6.07) is 9.34. The second-order valence-electron chi connectivity index (χ2n) is 3.81. The molecule has 1 aliphatic rings. The Bertz CT molecular complexity index is 427. The van der Waals surface area contributed by atoms with Gasteiger partial charge in [-0.05, 0) is 5.56 Å². The van der Waals surface area contributed by atoms with Crippen LogP contribution in [0.2, 0.25) is 0 Å². The molecule has 1 aliphatic carbocycles. The smallest absolute Gasteiger partial charge is 0.152 e. The molecular weight excluding hydrogens is 198 g/mol. The SMILES string of the molecule is CS(=O)(=O)[C@@H]1[C@@H](N)[C@H]1c1ccccc1. The standard InChI is InChI=1S/C10H13NO2S/c1-14(12,13)10-8(9(10)11)7-5-3-2-4-6-7/h2-6,8-10H,11H2,1H3/t8-,9+,10+/m1/s1. The van der Waals surface area contributed by atoms with Gasteiger partial charge in [-0.1, -0.05) is 30.3 Å². The number of benzene rings is 1. The van der Waals surface area contributed by atoms with E-state index in [9.17, 15) is 8.42 Å². The normalized spacial score (nSPS) is 31.4. The summed E-state index contributed by atoms with van der Waals surface area (Å²) in [4.78, 5) is 0. The van der Waals surface area contributed by atoms with Gasteiger partial charge in [0.15, 0.2) is 9.84 Å². The zero-order valence-corrected chi connectivity index (χ0v) is 8.74. The molecule has 0 spiro atoms. The van der Waals surface area contributed by atoms with Gasteiger partial charge in [-0.2, -0.15) is 0 Å². The highest BCUT2D eigenvalue weighted by Gasteiger charge is 2.54. The summed E-state index contributed by atoms with van der Waals surface area (Å²) < 4.78 is 22.6. The molecule has 14 heavy (non-hydrogen) atoms. The van der Waals surface area contributed by atoms with Gasteiger partial charge in [0.05, 0.1) is 5.25 Å². The molecule has 0 aromatic heterocycles. The molecule has 0 saturated heterocycles. The number of rotatable bonds is 2. The lowest BCUT2D eigenvalue weighted by molar-refractivity contribution is 0.599. The van der Waals surface area contributed by atoms with E-state index in [0.717, 1.165) is 5.56 Å². The van der Waals surface area contributed by atoms with Crippen LogP contribution in [0.1, 0.15) is 11.5 Å². The van der Waals surface area contributed by atoms with Crippen LogP contribution in [0.3, 0.4) is 0 Å². The van der Waals surface area contributed by atoms with Crippen LogP contribution in [0, 0.1) is 0 Å². The Morgan fingerprint density at radius 1 is 1.21 bits per heavy atom. The number of nitrogens with two attached hydrogens (primary N) is 1. The molecule has 0 amide bonds. The van der Waals surface area contributed by atoms with Gasteiger partial charge in [0.25, 0.3) is 0 Å². The molecule has 0 radical (unpaired) electrons. The first-order valence-electron chi connectivity index (χ1n) is 4.51. The largest absolute Gasteiger partial charge is 0.326 e. The Morgan fingerprint density at radius 3 is 2.21 bits per heavy atom. The third-order valence-corrected chi connectivity index (χ3v) is 4.28. The second-order valence-corrected chi connectivity index (χ2v) is 6.01. The summed E-state index contributed by atoms with van der Waals surface area (Å²) in [6.07, 6.45) is 1.25. The van der Waals surface area contributed by atoms with E-state index in [-0.39, 0.29) is 17.2 Å². The van der Waals surface area contributed by atoms with Gasteiger partial charge < -0.3 is 5.73 Å². The van der Waals surface area contributed by atoms with Crippen LogP contribution in [0.15, 0.2) is 30.3 Å². The summed E-state index contributed by atoms with van der Waals surface area (Å²) in [5.74, 6) is -0.00815. The second kappa shape index (κ2) is 3.07. The van der Waals surface area contributed by atoms with Crippen molar-refractivity contribution in [3.8, 4) is 0 Å². The molecule has 2 rings (SSSR count). The van der Waals surface area contributed by atoms with E-state index >= 15 is 0 Å². The monoisotopic (exact) mass is 211 g/mol. The van der Waals surface area contributed by atoms with Crippen LogP contribution in [0.4, 0.5) is 0 Å². The van der Waals surface area contributed by atoms with E-state index in [1.807, 2.05) is 30.3 Å². The summed E-state index contributed by atoms with van der Waals surface area (Å²) in [5, 5.41) is -0.384. The number of hydrogen-bond donors (Lipinski definition) is 1. The molecule has 2 N–H and O–H groups in total. The van der Waals surface area contributed by atoms with Gasteiger partial charge in [0.2, 0.25) is 0 Å². The van der Waals surface area contributed by atoms with Crippen LogP contribution >= 0.6 is 0 Å². The molecule has 3 atom stereocenters. The molecule has 4 heteroatoms. The number of hydrogen-bond acceptors (Lipinski definition) is 3. The first-order valence-corrected chi connectivity index (χ1v) is 6.46. The van der Waals surface area contributed by atoms with E-state index in [1.54, 1.807) is 0 Å². The average Bonchev–Trinajstić information content (AvgIpc) is 2.78. The van der Waals surface area contributed by atoms with E-state index < -0.39 is 9.84 Å². The molecule has 1 fully saturated rings. The molecule has 1 aromatic rings. The Labute approximate surface area is 83.9 Å². The number of sulfone groups is 1. The van der Waals surface area contributed by atoms with Crippen molar-refractivity contribution in [3.05, 3.63) is 35.9 Å². The summed E-state index contributed by atoms with van der Waals surface area (Å²) in [7, 11) is -3.00. The summed E-state index contributed by atoms with van der Waals surface area (Å²) in [6.45, 7) is 0. The molecular formula is C10H13NO2S. The van der Waals surface area contributed by atoms with E-state index in [0.29, 0.717) is 0 Å². The molecule has 0 aliphatic heterocycles. The minimum Gasteiger partial charge on any atom is -0.326 e. The zero-order chi connectivity index (χ0) is 10.3. The Balaban J connectivity index is 2.26. The van der Waals surface area contributed by atoms with E-state index in [4.69, 9.17) is 5.73 Å². The van der Waals surface area contributed by atoms with Gasteiger partial charge in [0, 0.05) is 18.2 Å². The fraction of sp³-hybridized carbons (Fsp3) is 0.400. The third kappa shape index (κ3) is 1.55. The molecule has 76 valence electrons. The van der Waals surface area contributed by atoms with Crippen molar-refractivity contribution in [2.24, 2.45) is 5.73 Å². The third-order valence-electron chi connectivity index (χ3n) is 2.69. The molecule has 0 bridgehead atoms. The Morgan fingerprint density at radius 2 is 1.79 bits per heavy atom. The predicted octanol–water partition coefficient (Wildman–Crippen LogP) is 0.524. The molecule has 0 heterocycles. The fourth-order valence-electron chi connectivity index (χ4n) is 1.94. The highest BCUT2D eigenvalue weighted by Crippen LogP contribution is 2.44. The lowest BCUT2D eigenvalue weighted by atomic mass is 10.1. The fourth-order valence-corrected chi connectivity index (χ4v) is 3.46. The maximum Gasteiger partial charge on any atom is 0.152 e. The Hall–Kier alpha value is -0.870. The first-order chi connectivity index (χ1) is 6.52. The predicted molar refractivity (Wildman–Crippen MR) is 55.8 cm³/mol. The lowest BCUT2D eigenvalue weighted by Crippen LogP contribution is -2.13. The van der Waals surface area contributed by atoms with Crippen LogP contribution in [-0.2, 0) is 9.84 Å². The zero-order valence-electron chi connectivity index (χ0n) is 7.92. The van der Waals surface area contributed by atoms with Gasteiger partial charge in [0.1, 0.15) is 0 Å². The van der Waals surface area contributed by atoms with E-state index in [2.05, 4.69) is 0 Å². The van der Waals surface area contributed by atoms with Gasteiger partial charge in [-0.15, -0.1) is 0 Å². The van der Waals surface area contributed by atoms with Crippen LogP contribution in [-0.4, -0.2) is 26.0 Å². The first kappa shape index (κ1) is 9.68. The van der Waals surface area contributed by atoms with Crippen molar-refractivity contribution in [3.63, 3.8) is 0 Å².